The largest absolute Gasteiger partial charge is 0.375 e. The van der Waals surface area contributed by atoms with Crippen LogP contribution in [0, 0.1) is 0 Å². The smallest absolute Gasteiger partial charge is 0.234 e. The summed E-state index contributed by atoms with van der Waals surface area (Å²) in [5.41, 5.74) is 1.07. The van der Waals surface area contributed by atoms with Crippen molar-refractivity contribution in [1.82, 2.24) is 10.2 Å². The van der Waals surface area contributed by atoms with Crippen molar-refractivity contribution in [3.63, 3.8) is 0 Å². The van der Waals surface area contributed by atoms with E-state index in [0.29, 0.717) is 23.8 Å². The highest BCUT2D eigenvalue weighted by Gasteiger charge is 2.25. The van der Waals surface area contributed by atoms with Crippen LogP contribution >= 0.6 is 11.6 Å². The van der Waals surface area contributed by atoms with E-state index in [1.54, 1.807) is 0 Å². The Balaban J connectivity index is 1.37. The highest BCUT2D eigenvalue weighted by molar-refractivity contribution is 6.30. The van der Waals surface area contributed by atoms with Crippen LogP contribution in [0.25, 0.3) is 0 Å². The molecule has 144 valence electrons. The molecule has 1 aromatic carbocycles. The van der Waals surface area contributed by atoms with Gasteiger partial charge in [0.1, 0.15) is 0 Å². The fourth-order valence-corrected chi connectivity index (χ4v) is 4.13. The number of piperidine rings is 1. The van der Waals surface area contributed by atoms with Gasteiger partial charge in [-0.3, -0.25) is 9.69 Å². The molecule has 1 saturated heterocycles. The lowest BCUT2D eigenvalue weighted by Crippen LogP contribution is -2.44. The number of amides is 1. The molecule has 0 bridgehead atoms. The number of carbonyl (C=O) groups excluding carboxylic acids is 1. The Morgan fingerprint density at radius 2 is 1.73 bits per heavy atom. The molecule has 3 rings (SSSR count). The molecule has 26 heavy (non-hydrogen) atoms. The van der Waals surface area contributed by atoms with Gasteiger partial charge in [-0.25, -0.2) is 0 Å². The van der Waals surface area contributed by atoms with Crippen molar-refractivity contribution in [2.24, 2.45) is 0 Å². The zero-order valence-electron chi connectivity index (χ0n) is 15.8. The molecule has 0 radical (unpaired) electrons. The van der Waals surface area contributed by atoms with Gasteiger partial charge in [0.2, 0.25) is 5.91 Å². The van der Waals surface area contributed by atoms with Gasteiger partial charge in [0.15, 0.2) is 0 Å². The summed E-state index contributed by atoms with van der Waals surface area (Å²) in [4.78, 5) is 14.6. The average molecular weight is 379 g/mol. The second-order valence-corrected chi connectivity index (χ2v) is 8.15. The Morgan fingerprint density at radius 1 is 1.12 bits per heavy atom. The zero-order valence-corrected chi connectivity index (χ0v) is 16.5. The quantitative estimate of drug-likeness (QED) is 0.800. The van der Waals surface area contributed by atoms with E-state index in [-0.39, 0.29) is 11.9 Å². The van der Waals surface area contributed by atoms with Gasteiger partial charge >= 0.3 is 0 Å². The van der Waals surface area contributed by atoms with Crippen molar-refractivity contribution in [2.75, 3.05) is 19.6 Å². The normalized spacial score (nSPS) is 21.5. The molecular formula is C21H31ClN2O2. The van der Waals surface area contributed by atoms with Gasteiger partial charge in [0.05, 0.1) is 24.8 Å². The average Bonchev–Trinajstić information content (AvgIpc) is 2.64. The molecule has 0 aromatic heterocycles. The van der Waals surface area contributed by atoms with E-state index in [1.807, 2.05) is 31.2 Å². The molecule has 1 N–H and O–H groups in total. The molecule has 1 saturated carbocycles. The minimum atomic E-state index is -0.00746. The van der Waals surface area contributed by atoms with Crippen LogP contribution in [0.4, 0.5) is 0 Å². The van der Waals surface area contributed by atoms with Crippen molar-refractivity contribution < 1.29 is 9.53 Å². The summed E-state index contributed by atoms with van der Waals surface area (Å²) in [7, 11) is 0. The van der Waals surface area contributed by atoms with Gasteiger partial charge in [-0.05, 0) is 50.3 Å². The fraction of sp³-hybridized carbons (Fsp3) is 0.667. The third-order valence-corrected chi connectivity index (χ3v) is 5.84. The number of nitrogens with zero attached hydrogens (tertiary/aromatic N) is 1. The van der Waals surface area contributed by atoms with Crippen molar-refractivity contribution >= 4 is 17.5 Å². The number of halogens is 1. The molecule has 2 fully saturated rings. The van der Waals surface area contributed by atoms with Gasteiger partial charge in [-0.2, -0.15) is 0 Å². The molecule has 1 aliphatic heterocycles. The molecule has 1 amide bonds. The highest BCUT2D eigenvalue weighted by Crippen LogP contribution is 2.24. The van der Waals surface area contributed by atoms with Crippen molar-refractivity contribution in [3.05, 3.63) is 34.9 Å². The van der Waals surface area contributed by atoms with Gasteiger partial charge in [0.25, 0.3) is 0 Å². The lowest BCUT2D eigenvalue weighted by molar-refractivity contribution is -0.124. The Bertz CT molecular complexity index is 564. The molecule has 0 spiro atoms. The van der Waals surface area contributed by atoms with Gasteiger partial charge < -0.3 is 10.1 Å². The lowest BCUT2D eigenvalue weighted by atomic mass is 9.97. The summed E-state index contributed by atoms with van der Waals surface area (Å²) in [5.74, 6) is 0.0825. The summed E-state index contributed by atoms with van der Waals surface area (Å²) < 4.78 is 6.28. The Morgan fingerprint density at radius 3 is 2.38 bits per heavy atom. The summed E-state index contributed by atoms with van der Waals surface area (Å²) in [6.45, 7) is 4.36. The first-order valence-electron chi connectivity index (χ1n) is 10.0. The molecule has 1 unspecified atom stereocenters. The number of ether oxygens (including phenoxy) is 1. The van der Waals surface area contributed by atoms with Crippen molar-refractivity contribution in [2.45, 2.75) is 70.1 Å². The zero-order chi connectivity index (χ0) is 18.4. The molecule has 5 heteroatoms. The summed E-state index contributed by atoms with van der Waals surface area (Å²) in [6.07, 6.45) is 9.38. The second-order valence-electron chi connectivity index (χ2n) is 7.71. The lowest BCUT2D eigenvalue weighted by Gasteiger charge is -2.34. The highest BCUT2D eigenvalue weighted by atomic mass is 35.5. The van der Waals surface area contributed by atoms with Gasteiger partial charge in [0, 0.05) is 18.1 Å². The summed E-state index contributed by atoms with van der Waals surface area (Å²) >= 11 is 5.92. The molecule has 1 aliphatic carbocycles. The van der Waals surface area contributed by atoms with E-state index in [0.717, 1.165) is 31.5 Å². The Hall–Kier alpha value is -1.10. The number of benzene rings is 1. The summed E-state index contributed by atoms with van der Waals surface area (Å²) in [5, 5.41) is 3.80. The molecule has 4 nitrogen and oxygen atoms in total. The van der Waals surface area contributed by atoms with Crippen LogP contribution in [0.5, 0.6) is 0 Å². The van der Waals surface area contributed by atoms with Crippen molar-refractivity contribution in [1.29, 1.82) is 0 Å². The Labute approximate surface area is 162 Å². The van der Waals surface area contributed by atoms with Crippen LogP contribution in [0.15, 0.2) is 24.3 Å². The van der Waals surface area contributed by atoms with Crippen LogP contribution in [0.3, 0.4) is 0 Å². The van der Waals surface area contributed by atoms with E-state index >= 15 is 0 Å². The number of likely N-dealkylation sites (tertiary alicyclic amines) is 1. The summed E-state index contributed by atoms with van der Waals surface area (Å²) in [6, 6.07) is 7.63. The second kappa shape index (κ2) is 9.72. The predicted molar refractivity (Wildman–Crippen MR) is 105 cm³/mol. The van der Waals surface area contributed by atoms with E-state index < -0.39 is 0 Å². The molecular weight excluding hydrogens is 348 g/mol. The maximum atomic E-state index is 12.4. The number of carbonyl (C=O) groups is 1. The van der Waals surface area contributed by atoms with Crippen LogP contribution in [-0.2, 0) is 9.53 Å². The minimum Gasteiger partial charge on any atom is -0.375 e. The monoisotopic (exact) mass is 378 g/mol. The van der Waals surface area contributed by atoms with E-state index in [4.69, 9.17) is 16.3 Å². The molecule has 1 heterocycles. The number of hydrogen-bond donors (Lipinski definition) is 1. The predicted octanol–water partition coefficient (Wildman–Crippen LogP) is 4.33. The topological polar surface area (TPSA) is 41.6 Å². The number of hydrogen-bond acceptors (Lipinski definition) is 3. The van der Waals surface area contributed by atoms with E-state index in [1.165, 1.54) is 32.1 Å². The van der Waals surface area contributed by atoms with E-state index in [2.05, 4.69) is 10.2 Å². The van der Waals surface area contributed by atoms with Crippen LogP contribution < -0.4 is 5.32 Å². The fourth-order valence-electron chi connectivity index (χ4n) is 4.00. The van der Waals surface area contributed by atoms with Crippen molar-refractivity contribution in [3.8, 4) is 0 Å². The SMILES string of the molecule is CC(NC(=O)CN1CCC(OC2CCCCC2)CC1)c1ccc(Cl)cc1. The number of nitrogens with one attached hydrogen (secondary N) is 1. The van der Waals surface area contributed by atoms with E-state index in [9.17, 15) is 4.79 Å². The molecule has 2 aliphatic rings. The standard InChI is InChI=1S/C21H31ClN2O2/c1-16(17-7-9-18(22)10-8-17)23-21(25)15-24-13-11-20(12-14-24)26-19-5-3-2-4-6-19/h7-10,16,19-20H,2-6,11-15H2,1H3,(H,23,25). The van der Waals surface area contributed by atoms with Crippen LogP contribution in [0.2, 0.25) is 5.02 Å². The molecule has 1 aromatic rings. The third-order valence-electron chi connectivity index (χ3n) is 5.59. The number of rotatable bonds is 6. The first-order valence-corrected chi connectivity index (χ1v) is 10.4. The van der Waals surface area contributed by atoms with Gasteiger partial charge in [-0.1, -0.05) is 43.0 Å². The first kappa shape index (κ1) is 19.7. The van der Waals surface area contributed by atoms with Crippen LogP contribution in [0.1, 0.15) is 63.5 Å². The maximum Gasteiger partial charge on any atom is 0.234 e. The minimum absolute atomic E-state index is 0.00746. The first-order chi connectivity index (χ1) is 12.6. The van der Waals surface area contributed by atoms with Gasteiger partial charge in [-0.15, -0.1) is 0 Å². The molecule has 1 atom stereocenters. The maximum absolute atomic E-state index is 12.4. The van der Waals surface area contributed by atoms with Crippen LogP contribution in [-0.4, -0.2) is 42.6 Å². The third kappa shape index (κ3) is 5.97. The Kier molecular flexibility index (Phi) is 7.35.